The average molecular weight is 391 g/mol. The first kappa shape index (κ1) is 24.3. The lowest BCUT2D eigenvalue weighted by molar-refractivity contribution is 0.147. The van der Waals surface area contributed by atoms with Gasteiger partial charge < -0.3 is 0 Å². The van der Waals surface area contributed by atoms with Gasteiger partial charge in [0.1, 0.15) is 0 Å². The first-order valence-electron chi connectivity index (χ1n) is 13.9. The van der Waals surface area contributed by atoms with Crippen molar-refractivity contribution in [2.75, 3.05) is 0 Å². The van der Waals surface area contributed by atoms with Gasteiger partial charge in [-0.05, 0) is 24.2 Å². The van der Waals surface area contributed by atoms with Crippen molar-refractivity contribution in [1.29, 1.82) is 0 Å². The summed E-state index contributed by atoms with van der Waals surface area (Å²) in [5.74, 6) is 3.25. The minimum Gasteiger partial charge on any atom is -0.0654 e. The zero-order chi connectivity index (χ0) is 19.7. The fraction of sp³-hybridized carbons (Fsp3) is 1.00. The Morgan fingerprint density at radius 2 is 0.821 bits per heavy atom. The molecule has 0 amide bonds. The highest BCUT2D eigenvalue weighted by molar-refractivity contribution is 4.80. The Labute approximate surface area is 179 Å². The minimum absolute atomic E-state index is 1.08. The van der Waals surface area contributed by atoms with Crippen molar-refractivity contribution < 1.29 is 0 Å². The highest BCUT2D eigenvalue weighted by Crippen LogP contribution is 2.40. The Hall–Kier alpha value is 0. The number of hydrogen-bond acceptors (Lipinski definition) is 0. The fourth-order valence-corrected chi connectivity index (χ4v) is 6.38. The van der Waals surface area contributed by atoms with Crippen LogP contribution in [0.1, 0.15) is 161 Å². The summed E-state index contributed by atoms with van der Waals surface area (Å²) in [6.07, 6.45) is 36.4. The maximum Gasteiger partial charge on any atom is -0.0357 e. The number of hydrogen-bond donors (Lipinski definition) is 0. The molecule has 0 radical (unpaired) electrons. The van der Waals surface area contributed by atoms with E-state index in [2.05, 4.69) is 6.92 Å². The van der Waals surface area contributed by atoms with Crippen LogP contribution in [0.5, 0.6) is 0 Å². The van der Waals surface area contributed by atoms with Crippen molar-refractivity contribution in [3.05, 3.63) is 0 Å². The van der Waals surface area contributed by atoms with E-state index < -0.39 is 0 Å². The first-order valence-corrected chi connectivity index (χ1v) is 13.9. The predicted octanol–water partition coefficient (Wildman–Crippen LogP) is 10.2. The van der Waals surface area contributed by atoms with Gasteiger partial charge >= 0.3 is 0 Å². The molecule has 0 atom stereocenters. The van der Waals surface area contributed by atoms with Crippen LogP contribution in [-0.2, 0) is 0 Å². The van der Waals surface area contributed by atoms with E-state index in [1.807, 2.05) is 0 Å². The molecule has 0 unspecified atom stereocenters. The minimum atomic E-state index is 1.08. The van der Waals surface area contributed by atoms with E-state index in [0.717, 1.165) is 17.8 Å². The van der Waals surface area contributed by atoms with Crippen LogP contribution in [0.15, 0.2) is 0 Å². The van der Waals surface area contributed by atoms with E-state index in [4.69, 9.17) is 0 Å². The predicted molar refractivity (Wildman–Crippen MR) is 127 cm³/mol. The Kier molecular flexibility index (Phi) is 14.5. The largest absolute Gasteiger partial charge is 0.0654 e. The lowest BCUT2D eigenvalue weighted by Crippen LogP contribution is -2.25. The molecular weight excluding hydrogens is 336 g/mol. The monoisotopic (exact) mass is 390 g/mol. The zero-order valence-corrected chi connectivity index (χ0v) is 19.7. The first-order chi connectivity index (χ1) is 13.9. The maximum atomic E-state index is 2.32. The van der Waals surface area contributed by atoms with Crippen molar-refractivity contribution in [1.82, 2.24) is 0 Å². The second-order valence-corrected chi connectivity index (χ2v) is 10.5. The standard InChI is InChI=1S/C28H54/c1-2-3-4-5-6-7-8-15-20-25-28(26-21-16-11-9-12-17-22-26)27-23-18-13-10-14-19-24-27/h26-28H,2-25H2,1H3. The second kappa shape index (κ2) is 16.8. The van der Waals surface area contributed by atoms with Crippen molar-refractivity contribution in [3.8, 4) is 0 Å². The van der Waals surface area contributed by atoms with Gasteiger partial charge in [0.15, 0.2) is 0 Å². The van der Waals surface area contributed by atoms with Gasteiger partial charge in [-0.3, -0.25) is 0 Å². The summed E-state index contributed by atoms with van der Waals surface area (Å²) in [6.45, 7) is 2.32. The molecule has 2 saturated carbocycles. The fourth-order valence-electron chi connectivity index (χ4n) is 6.38. The molecule has 0 N–H and O–H groups in total. The smallest absolute Gasteiger partial charge is 0.0357 e. The third kappa shape index (κ3) is 10.7. The van der Waals surface area contributed by atoms with E-state index >= 15 is 0 Å². The quantitative estimate of drug-likeness (QED) is 0.291. The summed E-state index contributed by atoms with van der Waals surface area (Å²) in [6, 6.07) is 0. The van der Waals surface area contributed by atoms with Gasteiger partial charge in [-0.15, -0.1) is 0 Å². The van der Waals surface area contributed by atoms with E-state index in [-0.39, 0.29) is 0 Å². The van der Waals surface area contributed by atoms with Crippen LogP contribution in [0.25, 0.3) is 0 Å². The molecular formula is C28H54. The zero-order valence-electron chi connectivity index (χ0n) is 19.7. The normalized spacial score (nSPS) is 21.2. The van der Waals surface area contributed by atoms with Crippen molar-refractivity contribution >= 4 is 0 Å². The Morgan fingerprint density at radius 1 is 0.464 bits per heavy atom. The number of unbranched alkanes of at least 4 members (excludes halogenated alkanes) is 8. The third-order valence-electron chi connectivity index (χ3n) is 8.15. The van der Waals surface area contributed by atoms with Gasteiger partial charge in [-0.1, -0.05) is 155 Å². The Morgan fingerprint density at radius 3 is 1.25 bits per heavy atom. The molecule has 0 heteroatoms. The van der Waals surface area contributed by atoms with Gasteiger partial charge in [-0.25, -0.2) is 0 Å². The van der Waals surface area contributed by atoms with E-state index in [0.29, 0.717) is 0 Å². The van der Waals surface area contributed by atoms with E-state index in [9.17, 15) is 0 Å². The average Bonchev–Trinajstić information content (AvgIpc) is 2.64. The summed E-state index contributed by atoms with van der Waals surface area (Å²) in [5, 5.41) is 0. The molecule has 0 aromatic rings. The topological polar surface area (TPSA) is 0 Å². The molecule has 2 aliphatic carbocycles. The highest BCUT2D eigenvalue weighted by Gasteiger charge is 2.29. The van der Waals surface area contributed by atoms with Crippen molar-refractivity contribution in [2.24, 2.45) is 17.8 Å². The van der Waals surface area contributed by atoms with E-state index in [1.54, 1.807) is 32.1 Å². The molecule has 2 aliphatic rings. The molecule has 0 aliphatic heterocycles. The van der Waals surface area contributed by atoms with Crippen molar-refractivity contribution in [2.45, 2.75) is 161 Å². The molecule has 2 rings (SSSR count). The maximum absolute atomic E-state index is 2.32. The summed E-state index contributed by atoms with van der Waals surface area (Å²) >= 11 is 0. The molecule has 0 spiro atoms. The van der Waals surface area contributed by atoms with Gasteiger partial charge in [0, 0.05) is 0 Å². The van der Waals surface area contributed by atoms with Crippen LogP contribution in [0.3, 0.4) is 0 Å². The van der Waals surface area contributed by atoms with Crippen LogP contribution in [0.2, 0.25) is 0 Å². The second-order valence-electron chi connectivity index (χ2n) is 10.5. The van der Waals surface area contributed by atoms with Crippen LogP contribution < -0.4 is 0 Å². The lowest BCUT2D eigenvalue weighted by atomic mass is 9.69. The van der Waals surface area contributed by atoms with Gasteiger partial charge in [0.25, 0.3) is 0 Å². The molecule has 0 heterocycles. The molecule has 0 saturated heterocycles. The molecule has 28 heavy (non-hydrogen) atoms. The summed E-state index contributed by atoms with van der Waals surface area (Å²) in [7, 11) is 0. The van der Waals surface area contributed by atoms with Crippen LogP contribution in [0, 0.1) is 17.8 Å². The summed E-state index contributed by atoms with van der Waals surface area (Å²) in [5.41, 5.74) is 0. The molecule has 2 fully saturated rings. The molecule has 0 aromatic heterocycles. The highest BCUT2D eigenvalue weighted by atomic mass is 14.3. The van der Waals surface area contributed by atoms with Crippen LogP contribution >= 0.6 is 0 Å². The summed E-state index contributed by atoms with van der Waals surface area (Å²) < 4.78 is 0. The van der Waals surface area contributed by atoms with Crippen LogP contribution in [0.4, 0.5) is 0 Å². The van der Waals surface area contributed by atoms with Gasteiger partial charge in [0.05, 0.1) is 0 Å². The third-order valence-corrected chi connectivity index (χ3v) is 8.15. The summed E-state index contributed by atoms with van der Waals surface area (Å²) in [4.78, 5) is 0. The molecule has 0 bridgehead atoms. The lowest BCUT2D eigenvalue weighted by Gasteiger charge is -2.36. The molecule has 0 nitrogen and oxygen atoms in total. The Balaban J connectivity index is 1.74. The van der Waals surface area contributed by atoms with Gasteiger partial charge in [0.2, 0.25) is 0 Å². The van der Waals surface area contributed by atoms with E-state index in [1.165, 1.54) is 122 Å². The SMILES string of the molecule is CCCCCCCCCCCC(C1CCCCCCC1)C1CCCCCCC1. The van der Waals surface area contributed by atoms with Gasteiger partial charge in [-0.2, -0.15) is 0 Å². The number of rotatable bonds is 12. The van der Waals surface area contributed by atoms with Crippen molar-refractivity contribution in [3.63, 3.8) is 0 Å². The molecule has 166 valence electrons. The van der Waals surface area contributed by atoms with Crippen LogP contribution in [-0.4, -0.2) is 0 Å². The Bertz CT molecular complexity index is 295. The molecule has 0 aromatic carbocycles.